The molecule has 0 atom stereocenters. The van der Waals surface area contributed by atoms with Crippen LogP contribution in [0.1, 0.15) is 24.2 Å². The first-order valence-corrected chi connectivity index (χ1v) is 8.37. The fourth-order valence-electron chi connectivity index (χ4n) is 1.74. The second kappa shape index (κ2) is 7.51. The zero-order chi connectivity index (χ0) is 16.1. The highest BCUT2D eigenvalue weighted by Gasteiger charge is 2.12. The smallest absolute Gasteiger partial charge is 0.257 e. The quantitative estimate of drug-likeness (QED) is 0.817. The van der Waals surface area contributed by atoms with Crippen molar-refractivity contribution in [2.45, 2.75) is 24.8 Å². The number of aromatic nitrogens is 1. The number of carbonyl (C=O) groups excluding carboxylic acids is 1. The molecule has 2 aromatic rings. The lowest BCUT2D eigenvalue weighted by molar-refractivity contribution is 0.102. The third kappa shape index (κ3) is 4.39. The Bertz CT molecular complexity index is 660. The van der Waals surface area contributed by atoms with Crippen LogP contribution in [0.3, 0.4) is 0 Å². The maximum Gasteiger partial charge on any atom is 0.257 e. The molecule has 0 unspecified atom stereocenters. The topological polar surface area (TPSA) is 51.2 Å². The predicted molar refractivity (Wildman–Crippen MR) is 91.2 cm³/mol. The molecule has 1 heterocycles. The largest absolute Gasteiger partial charge is 0.474 e. The zero-order valence-electron chi connectivity index (χ0n) is 12.6. The van der Waals surface area contributed by atoms with E-state index in [-0.39, 0.29) is 12.0 Å². The highest BCUT2D eigenvalue weighted by Crippen LogP contribution is 2.24. The minimum Gasteiger partial charge on any atom is -0.474 e. The van der Waals surface area contributed by atoms with E-state index in [1.54, 1.807) is 17.8 Å². The van der Waals surface area contributed by atoms with E-state index < -0.39 is 0 Å². The highest BCUT2D eigenvalue weighted by molar-refractivity contribution is 7.98. The standard InChI is InChI=1S/C16H17ClN2O2S/c1-10(2)21-16-14(17)8-11(9-18-16)15(20)19-12-4-6-13(22-3)7-5-12/h4-10H,1-3H3,(H,19,20). The molecule has 4 nitrogen and oxygen atoms in total. The van der Waals surface area contributed by atoms with Crippen LogP contribution in [0.2, 0.25) is 5.02 Å². The number of hydrogen-bond acceptors (Lipinski definition) is 4. The molecule has 1 aromatic heterocycles. The van der Waals surface area contributed by atoms with Gasteiger partial charge in [0.1, 0.15) is 5.02 Å². The summed E-state index contributed by atoms with van der Waals surface area (Å²) in [6, 6.07) is 9.16. The number of benzene rings is 1. The van der Waals surface area contributed by atoms with E-state index in [2.05, 4.69) is 10.3 Å². The first-order valence-electron chi connectivity index (χ1n) is 6.77. The van der Waals surface area contributed by atoms with Crippen molar-refractivity contribution in [1.82, 2.24) is 4.98 Å². The zero-order valence-corrected chi connectivity index (χ0v) is 14.2. The first kappa shape index (κ1) is 16.6. The van der Waals surface area contributed by atoms with Crippen molar-refractivity contribution in [3.8, 4) is 5.88 Å². The van der Waals surface area contributed by atoms with Crippen molar-refractivity contribution in [2.75, 3.05) is 11.6 Å². The molecular formula is C16H17ClN2O2S. The summed E-state index contributed by atoms with van der Waals surface area (Å²) in [6.07, 6.45) is 3.43. The Labute approximate surface area is 139 Å². The van der Waals surface area contributed by atoms with Crippen molar-refractivity contribution in [1.29, 1.82) is 0 Å². The lowest BCUT2D eigenvalue weighted by Crippen LogP contribution is -2.13. The molecule has 0 spiro atoms. The molecule has 0 fully saturated rings. The summed E-state index contributed by atoms with van der Waals surface area (Å²) < 4.78 is 5.45. The fraction of sp³-hybridized carbons (Fsp3) is 0.250. The summed E-state index contributed by atoms with van der Waals surface area (Å²) in [5, 5.41) is 3.13. The fourth-order valence-corrected chi connectivity index (χ4v) is 2.36. The SMILES string of the molecule is CSc1ccc(NC(=O)c2cnc(OC(C)C)c(Cl)c2)cc1. The normalized spacial score (nSPS) is 10.6. The van der Waals surface area contributed by atoms with Gasteiger partial charge in [0.15, 0.2) is 0 Å². The third-order valence-corrected chi connectivity index (χ3v) is 3.78. The van der Waals surface area contributed by atoms with Crippen molar-refractivity contribution >= 4 is 35.0 Å². The predicted octanol–water partition coefficient (Wildman–Crippen LogP) is 4.50. The number of hydrogen-bond donors (Lipinski definition) is 1. The van der Waals surface area contributed by atoms with Crippen molar-refractivity contribution in [3.63, 3.8) is 0 Å². The average Bonchev–Trinajstić information content (AvgIpc) is 2.49. The number of rotatable bonds is 5. The third-order valence-electron chi connectivity index (χ3n) is 2.76. The Morgan fingerprint density at radius 3 is 2.55 bits per heavy atom. The molecule has 116 valence electrons. The van der Waals surface area contributed by atoms with Crippen molar-refractivity contribution in [2.24, 2.45) is 0 Å². The van der Waals surface area contributed by atoms with Crippen LogP contribution in [-0.2, 0) is 0 Å². The highest BCUT2D eigenvalue weighted by atomic mass is 35.5. The maximum absolute atomic E-state index is 12.2. The Morgan fingerprint density at radius 2 is 2.00 bits per heavy atom. The van der Waals surface area contributed by atoms with Crippen molar-refractivity contribution in [3.05, 3.63) is 47.1 Å². The number of halogens is 1. The van der Waals surface area contributed by atoms with Crippen LogP contribution in [0, 0.1) is 0 Å². The minimum absolute atomic E-state index is 0.0281. The molecule has 6 heteroatoms. The van der Waals surface area contributed by atoms with Crippen LogP contribution < -0.4 is 10.1 Å². The molecule has 0 aliphatic rings. The molecule has 0 aliphatic carbocycles. The number of anilines is 1. The van der Waals surface area contributed by atoms with E-state index in [1.807, 2.05) is 44.4 Å². The van der Waals surface area contributed by atoms with Crippen LogP contribution in [0.5, 0.6) is 5.88 Å². The summed E-state index contributed by atoms with van der Waals surface area (Å²) in [7, 11) is 0. The van der Waals surface area contributed by atoms with Gasteiger partial charge in [-0.2, -0.15) is 0 Å². The Hall–Kier alpha value is -1.72. The summed E-state index contributed by atoms with van der Waals surface area (Å²) in [5.74, 6) is 0.0694. The van der Waals surface area contributed by atoms with Gasteiger partial charge in [-0.05, 0) is 50.4 Å². The molecule has 0 aliphatic heterocycles. The molecule has 1 N–H and O–H groups in total. The second-order valence-electron chi connectivity index (χ2n) is 4.86. The van der Waals surface area contributed by atoms with E-state index >= 15 is 0 Å². The number of nitrogens with one attached hydrogen (secondary N) is 1. The Kier molecular flexibility index (Phi) is 5.69. The van der Waals surface area contributed by atoms with E-state index in [4.69, 9.17) is 16.3 Å². The lowest BCUT2D eigenvalue weighted by Gasteiger charge is -2.11. The van der Waals surface area contributed by atoms with E-state index in [1.165, 1.54) is 6.20 Å². The minimum atomic E-state index is -0.262. The van der Waals surface area contributed by atoms with Crippen LogP contribution in [-0.4, -0.2) is 23.3 Å². The number of thioether (sulfide) groups is 1. The van der Waals surface area contributed by atoms with Gasteiger partial charge in [-0.1, -0.05) is 11.6 Å². The number of amides is 1. The summed E-state index contributed by atoms with van der Waals surface area (Å²) in [6.45, 7) is 3.77. The van der Waals surface area contributed by atoms with Gasteiger partial charge in [-0.25, -0.2) is 4.98 Å². The van der Waals surface area contributed by atoms with Crippen molar-refractivity contribution < 1.29 is 9.53 Å². The van der Waals surface area contributed by atoms with Crippen LogP contribution >= 0.6 is 23.4 Å². The van der Waals surface area contributed by atoms with Crippen LogP contribution in [0.25, 0.3) is 0 Å². The van der Waals surface area contributed by atoms with Gasteiger partial charge in [-0.3, -0.25) is 4.79 Å². The molecule has 1 aromatic carbocycles. The molecule has 22 heavy (non-hydrogen) atoms. The van der Waals surface area contributed by atoms with E-state index in [0.29, 0.717) is 16.5 Å². The monoisotopic (exact) mass is 336 g/mol. The average molecular weight is 337 g/mol. The van der Waals surface area contributed by atoms with E-state index in [9.17, 15) is 4.79 Å². The number of ether oxygens (including phenoxy) is 1. The second-order valence-corrected chi connectivity index (χ2v) is 6.15. The summed E-state index contributed by atoms with van der Waals surface area (Å²) in [5.41, 5.74) is 1.11. The summed E-state index contributed by atoms with van der Waals surface area (Å²) in [4.78, 5) is 17.4. The molecule has 0 saturated carbocycles. The van der Waals surface area contributed by atoms with Gasteiger partial charge < -0.3 is 10.1 Å². The Balaban J connectivity index is 2.10. The number of nitrogens with zero attached hydrogens (tertiary/aromatic N) is 1. The molecular weight excluding hydrogens is 320 g/mol. The van der Waals surface area contributed by atoms with Gasteiger partial charge in [0, 0.05) is 16.8 Å². The molecule has 2 rings (SSSR count). The molecule has 0 bridgehead atoms. The lowest BCUT2D eigenvalue weighted by atomic mass is 10.2. The van der Waals surface area contributed by atoms with Gasteiger partial charge in [0.2, 0.25) is 5.88 Å². The van der Waals surface area contributed by atoms with Gasteiger partial charge in [0.25, 0.3) is 5.91 Å². The van der Waals surface area contributed by atoms with Gasteiger partial charge in [0.05, 0.1) is 11.7 Å². The number of pyridine rings is 1. The van der Waals surface area contributed by atoms with Gasteiger partial charge in [-0.15, -0.1) is 11.8 Å². The van der Waals surface area contributed by atoms with Crippen LogP contribution in [0.4, 0.5) is 5.69 Å². The molecule has 1 amide bonds. The first-order chi connectivity index (χ1) is 10.5. The van der Waals surface area contributed by atoms with Crippen LogP contribution in [0.15, 0.2) is 41.4 Å². The van der Waals surface area contributed by atoms with E-state index in [0.717, 1.165) is 10.6 Å². The maximum atomic E-state index is 12.2. The molecule has 0 radical (unpaired) electrons. The molecule has 0 saturated heterocycles. The Morgan fingerprint density at radius 1 is 1.32 bits per heavy atom. The number of carbonyl (C=O) groups is 1. The summed E-state index contributed by atoms with van der Waals surface area (Å²) >= 11 is 7.74. The van der Waals surface area contributed by atoms with Gasteiger partial charge >= 0.3 is 0 Å².